The van der Waals surface area contributed by atoms with E-state index in [-0.39, 0.29) is 22.9 Å². The average Bonchev–Trinajstić information content (AvgIpc) is 1.98. The molecule has 0 radical (unpaired) electrons. The first-order valence-electron chi connectivity index (χ1n) is 4.83. The number of carbonyl (C=O) groups is 3. The maximum atomic E-state index is 10.1. The van der Waals surface area contributed by atoms with Crippen molar-refractivity contribution in [2.24, 2.45) is 0 Å². The zero-order valence-electron chi connectivity index (χ0n) is 11.1. The van der Waals surface area contributed by atoms with Crippen molar-refractivity contribution in [3.63, 3.8) is 0 Å². The molecule has 4 nitrogen and oxygen atoms in total. The van der Waals surface area contributed by atoms with Crippen LogP contribution in [-0.2, 0) is 19.3 Å². The summed E-state index contributed by atoms with van der Waals surface area (Å²) in [6.45, 7) is 7.56. The van der Waals surface area contributed by atoms with E-state index in [1.807, 2.05) is 0 Å². The standard InChI is InChI=1S/C5H10O2.C3H6O.C2H4O.3HI.V/c1-4(6)3-5(2)7;1-3(2)4;1-2-3;;;;/h4,6H,3H2,1-2H3;1-2H3;2H,1H3;3*1H;/q;;;;;;+3/p-3. The third kappa shape index (κ3) is 151. The Morgan fingerprint density at radius 3 is 1.39 bits per heavy atom. The molecular weight excluding hydrogens is 616 g/mol. The van der Waals surface area contributed by atoms with Crippen molar-refractivity contribution in [2.75, 3.05) is 0 Å². The van der Waals surface area contributed by atoms with Crippen molar-refractivity contribution in [3.8, 4) is 0 Å². The second-order valence-corrected chi connectivity index (χ2v) is 38.5. The van der Waals surface area contributed by atoms with Crippen LogP contribution in [0.2, 0.25) is 0 Å². The predicted octanol–water partition coefficient (Wildman–Crippen LogP) is 3.80. The van der Waals surface area contributed by atoms with Crippen LogP contribution < -0.4 is 0 Å². The summed E-state index contributed by atoms with van der Waals surface area (Å²) in [4.78, 5) is 28.1. The van der Waals surface area contributed by atoms with Gasteiger partial charge in [0, 0.05) is 6.42 Å². The number of carbonyl (C=O) groups excluding carboxylic acids is 3. The third-order valence-corrected chi connectivity index (χ3v) is 0.583. The molecule has 0 aromatic rings. The summed E-state index contributed by atoms with van der Waals surface area (Å²) >= 11 is 7.39. The predicted molar refractivity (Wildman–Crippen MR) is 97.1 cm³/mol. The molecule has 0 aliphatic rings. The van der Waals surface area contributed by atoms with Crippen LogP contribution in [0.25, 0.3) is 0 Å². The number of aliphatic hydroxyl groups excluding tert-OH is 1. The van der Waals surface area contributed by atoms with Gasteiger partial charge in [-0.15, -0.1) is 0 Å². The van der Waals surface area contributed by atoms with Crippen molar-refractivity contribution in [1.82, 2.24) is 0 Å². The minimum absolute atomic E-state index is 0.0370. The summed E-state index contributed by atoms with van der Waals surface area (Å²) in [5, 5.41) is 8.50. The van der Waals surface area contributed by atoms with E-state index in [9.17, 15) is 9.59 Å². The van der Waals surface area contributed by atoms with E-state index >= 15 is 0 Å². The molecule has 0 aromatic carbocycles. The molecule has 8 heteroatoms. The third-order valence-electron chi connectivity index (χ3n) is 0.583. The van der Waals surface area contributed by atoms with Crippen molar-refractivity contribution >= 4 is 77.8 Å². The second-order valence-electron chi connectivity index (χ2n) is 3.09. The Morgan fingerprint density at radius 2 is 1.39 bits per heavy atom. The van der Waals surface area contributed by atoms with Crippen LogP contribution in [0, 0.1) is 0 Å². The monoisotopic (exact) mass is 636 g/mol. The fourth-order valence-electron chi connectivity index (χ4n) is 0.416. The van der Waals surface area contributed by atoms with Crippen LogP contribution >= 0.6 is 59.9 Å². The number of ketones is 2. The molecule has 18 heavy (non-hydrogen) atoms. The van der Waals surface area contributed by atoms with E-state index < -0.39 is 6.10 Å². The zero-order chi connectivity index (χ0) is 15.7. The quantitative estimate of drug-likeness (QED) is 0.370. The van der Waals surface area contributed by atoms with E-state index in [1.165, 1.54) is 27.7 Å². The Balaban J connectivity index is -0.0000000775. The molecule has 1 N–H and O–H groups in total. The summed E-state index contributed by atoms with van der Waals surface area (Å²) in [7, 11) is 0. The Kier molecular flexibility index (Phi) is 37.0. The molecule has 0 fully saturated rings. The van der Waals surface area contributed by atoms with Crippen LogP contribution in [0.5, 0.6) is 0 Å². The molecule has 0 aliphatic heterocycles. The fourth-order valence-corrected chi connectivity index (χ4v) is 0.416. The van der Waals surface area contributed by atoms with E-state index in [4.69, 9.17) is 9.90 Å². The first kappa shape index (κ1) is 28.0. The van der Waals surface area contributed by atoms with Crippen LogP contribution in [0.1, 0.15) is 41.0 Å². The van der Waals surface area contributed by atoms with E-state index in [0.717, 1.165) is 6.29 Å². The van der Waals surface area contributed by atoms with Gasteiger partial charge in [-0.05, 0) is 34.6 Å². The van der Waals surface area contributed by atoms with Gasteiger partial charge >= 0.3 is 64.9 Å². The van der Waals surface area contributed by atoms with Gasteiger partial charge in [0.05, 0.1) is 6.10 Å². The second kappa shape index (κ2) is 23.8. The van der Waals surface area contributed by atoms with Gasteiger partial charge in [-0.3, -0.25) is 4.79 Å². The molecule has 0 aromatic heterocycles. The summed E-state index contributed by atoms with van der Waals surface area (Å²) in [5.74, 6) is 0.204. The Bertz CT molecular complexity index is 205. The van der Waals surface area contributed by atoms with Crippen molar-refractivity contribution in [3.05, 3.63) is 0 Å². The fraction of sp³-hybridized carbons (Fsp3) is 0.700. The number of halogens is 3. The SMILES string of the molecule is CC(=O)CC(C)O.CC(C)=O.CC=O.[I][V]([I])[I]. The van der Waals surface area contributed by atoms with Gasteiger partial charge in [0.1, 0.15) is 17.9 Å². The van der Waals surface area contributed by atoms with Crippen LogP contribution in [-0.4, -0.2) is 29.1 Å². The Labute approximate surface area is 147 Å². The van der Waals surface area contributed by atoms with Crippen molar-refractivity contribution in [1.29, 1.82) is 0 Å². The van der Waals surface area contributed by atoms with E-state index in [1.54, 1.807) is 6.92 Å². The van der Waals surface area contributed by atoms with Crippen LogP contribution in [0.4, 0.5) is 0 Å². The molecule has 0 rings (SSSR count). The van der Waals surface area contributed by atoms with Gasteiger partial charge in [-0.25, -0.2) is 0 Å². The molecule has 0 heterocycles. The van der Waals surface area contributed by atoms with Gasteiger partial charge in [0.15, 0.2) is 0 Å². The molecule has 1 unspecified atom stereocenters. The van der Waals surface area contributed by atoms with Gasteiger partial charge in [-0.2, -0.15) is 0 Å². The number of hydrogen-bond donors (Lipinski definition) is 1. The molecule has 0 spiro atoms. The molecule has 0 saturated heterocycles. The van der Waals surface area contributed by atoms with E-state index in [2.05, 4.69) is 59.9 Å². The normalized spacial score (nSPS) is 9.44. The molecule has 0 amide bonds. The van der Waals surface area contributed by atoms with Crippen LogP contribution in [0.3, 0.4) is 0 Å². The van der Waals surface area contributed by atoms with Crippen molar-refractivity contribution < 1.29 is 24.4 Å². The molecule has 110 valence electrons. The maximum absolute atomic E-state index is 10.1. The van der Waals surface area contributed by atoms with Gasteiger partial charge in [0.25, 0.3) is 0 Å². The van der Waals surface area contributed by atoms with Crippen molar-refractivity contribution in [2.45, 2.75) is 47.1 Å². The molecule has 0 saturated carbocycles. The Morgan fingerprint density at radius 1 is 1.22 bits per heavy atom. The topological polar surface area (TPSA) is 71.4 Å². The van der Waals surface area contributed by atoms with Gasteiger partial charge < -0.3 is 14.7 Å². The summed E-state index contributed by atoms with van der Waals surface area (Å²) < 4.78 is 0. The number of hydrogen-bond acceptors (Lipinski definition) is 4. The number of rotatable bonds is 2. The number of Topliss-reactive ketones (excluding diaryl/α,β-unsaturated/α-hetero) is 2. The molecule has 0 bridgehead atoms. The molecule has 1 atom stereocenters. The number of aliphatic hydroxyl groups is 1. The van der Waals surface area contributed by atoms with Gasteiger partial charge in [-0.1, -0.05) is 0 Å². The number of aldehydes is 1. The molecular formula is C10H20I3O4V. The first-order valence-corrected chi connectivity index (χ1v) is 18.3. The summed E-state index contributed by atoms with van der Waals surface area (Å²) in [5.41, 5.74) is 0. The van der Waals surface area contributed by atoms with Gasteiger partial charge in [0.2, 0.25) is 0 Å². The minimum atomic E-state index is -0.475. The average molecular weight is 636 g/mol. The zero-order valence-corrected chi connectivity index (χ0v) is 19.0. The summed E-state index contributed by atoms with van der Waals surface area (Å²) in [6, 6.07) is 0. The summed E-state index contributed by atoms with van der Waals surface area (Å²) in [6.07, 6.45) is 0.553. The van der Waals surface area contributed by atoms with E-state index in [0.29, 0.717) is 0 Å². The Hall–Kier alpha value is 1.74. The van der Waals surface area contributed by atoms with Crippen LogP contribution in [0.15, 0.2) is 0 Å². The first-order chi connectivity index (χ1) is 8.00. The molecule has 0 aliphatic carbocycles.